The van der Waals surface area contributed by atoms with Crippen LogP contribution < -0.4 is 20.1 Å². The molecule has 1 atom stereocenters. The van der Waals surface area contributed by atoms with E-state index >= 15 is 0 Å². The van der Waals surface area contributed by atoms with E-state index in [4.69, 9.17) is 9.47 Å². The Kier molecular flexibility index (Phi) is 7.75. The lowest BCUT2D eigenvalue weighted by Gasteiger charge is -2.19. The third-order valence-electron chi connectivity index (χ3n) is 5.07. The molecule has 2 aromatic rings. The highest BCUT2D eigenvalue weighted by Crippen LogP contribution is 2.24. The number of likely N-dealkylation sites (tertiary alicyclic amines) is 1. The monoisotopic (exact) mass is 400 g/mol. The first-order valence-corrected chi connectivity index (χ1v) is 10.1. The Balaban J connectivity index is 1.42. The number of aliphatic imine (C=N–C) groups is 1. The summed E-state index contributed by atoms with van der Waals surface area (Å²) >= 11 is 0. The van der Waals surface area contributed by atoms with Gasteiger partial charge in [-0.3, -0.25) is 14.6 Å². The maximum Gasteiger partial charge on any atom is 0.191 e. The summed E-state index contributed by atoms with van der Waals surface area (Å²) in [6.45, 7) is 4.67. The molecule has 1 saturated heterocycles. The molecule has 1 aliphatic rings. The quantitative estimate of drug-likeness (QED) is 0.379. The van der Waals surface area contributed by atoms with Crippen molar-refractivity contribution in [2.45, 2.75) is 32.0 Å². The number of methoxy groups -OCH3 is 2. The number of aryl methyl sites for hydroxylation is 1. The van der Waals surface area contributed by atoms with E-state index in [9.17, 15) is 0 Å². The molecule has 1 unspecified atom stereocenters. The molecule has 0 aliphatic carbocycles. The minimum Gasteiger partial charge on any atom is -0.497 e. The first-order valence-electron chi connectivity index (χ1n) is 10.1. The van der Waals surface area contributed by atoms with E-state index in [1.807, 2.05) is 30.1 Å². The molecule has 1 aromatic heterocycles. The number of hydrogen-bond donors (Lipinski definition) is 2. The van der Waals surface area contributed by atoms with Gasteiger partial charge in [-0.05, 0) is 36.6 Å². The second-order valence-electron chi connectivity index (χ2n) is 7.21. The van der Waals surface area contributed by atoms with Gasteiger partial charge in [0.2, 0.25) is 0 Å². The van der Waals surface area contributed by atoms with Gasteiger partial charge in [0, 0.05) is 64.3 Å². The van der Waals surface area contributed by atoms with Gasteiger partial charge in [0.1, 0.15) is 11.5 Å². The van der Waals surface area contributed by atoms with Gasteiger partial charge in [-0.2, -0.15) is 5.10 Å². The van der Waals surface area contributed by atoms with Crippen molar-refractivity contribution < 1.29 is 9.47 Å². The third kappa shape index (κ3) is 6.39. The third-order valence-corrected chi connectivity index (χ3v) is 5.07. The van der Waals surface area contributed by atoms with Crippen molar-refractivity contribution in [2.75, 3.05) is 40.9 Å². The summed E-state index contributed by atoms with van der Waals surface area (Å²) in [7, 11) is 5.18. The Labute approximate surface area is 172 Å². The number of guanidine groups is 1. The molecule has 2 N–H and O–H groups in total. The Morgan fingerprint density at radius 1 is 1.24 bits per heavy atom. The molecule has 8 nitrogen and oxygen atoms in total. The average molecular weight is 401 g/mol. The standard InChI is InChI=1S/C21H32N6O2/c1-22-21(23-7-4-9-27-10-5-8-24-27)25-18-6-11-26(16-18)15-17-12-19(28-2)14-20(13-17)29-3/h5,8,10,12-14,18H,4,6-7,9,11,15-16H2,1-3H3,(H2,22,23,25). The second kappa shape index (κ2) is 10.7. The maximum absolute atomic E-state index is 5.38. The summed E-state index contributed by atoms with van der Waals surface area (Å²) in [4.78, 5) is 6.80. The number of rotatable bonds is 9. The topological polar surface area (TPSA) is 75.9 Å². The lowest BCUT2D eigenvalue weighted by Crippen LogP contribution is -2.44. The molecule has 29 heavy (non-hydrogen) atoms. The fourth-order valence-corrected chi connectivity index (χ4v) is 3.58. The number of hydrogen-bond acceptors (Lipinski definition) is 5. The molecule has 2 heterocycles. The molecule has 1 fully saturated rings. The van der Waals surface area contributed by atoms with E-state index in [-0.39, 0.29) is 0 Å². The Hall–Kier alpha value is -2.74. The van der Waals surface area contributed by atoms with Crippen LogP contribution in [-0.4, -0.2) is 67.6 Å². The minimum atomic E-state index is 0.389. The summed E-state index contributed by atoms with van der Waals surface area (Å²) in [5, 5.41) is 11.2. The fraction of sp³-hybridized carbons (Fsp3) is 0.524. The zero-order chi connectivity index (χ0) is 20.5. The van der Waals surface area contributed by atoms with E-state index in [0.29, 0.717) is 6.04 Å². The van der Waals surface area contributed by atoms with Gasteiger partial charge in [0.25, 0.3) is 0 Å². The molecule has 1 aliphatic heterocycles. The summed E-state index contributed by atoms with van der Waals surface area (Å²) in [6.07, 6.45) is 5.88. The van der Waals surface area contributed by atoms with Gasteiger partial charge in [-0.25, -0.2) is 0 Å². The molecule has 3 rings (SSSR count). The second-order valence-corrected chi connectivity index (χ2v) is 7.21. The largest absolute Gasteiger partial charge is 0.497 e. The SMILES string of the molecule is CN=C(NCCCn1cccn1)NC1CCN(Cc2cc(OC)cc(OC)c2)C1. The summed E-state index contributed by atoms with van der Waals surface area (Å²) in [6, 6.07) is 8.38. The van der Waals surface area contributed by atoms with E-state index in [1.165, 1.54) is 5.56 Å². The van der Waals surface area contributed by atoms with E-state index in [2.05, 4.69) is 37.8 Å². The van der Waals surface area contributed by atoms with Crippen LogP contribution in [0.1, 0.15) is 18.4 Å². The Morgan fingerprint density at radius 3 is 2.69 bits per heavy atom. The van der Waals surface area contributed by atoms with Crippen molar-refractivity contribution in [3.05, 3.63) is 42.2 Å². The highest BCUT2D eigenvalue weighted by Gasteiger charge is 2.23. The van der Waals surface area contributed by atoms with Crippen molar-refractivity contribution in [3.63, 3.8) is 0 Å². The summed E-state index contributed by atoms with van der Waals surface area (Å²) < 4.78 is 12.7. The van der Waals surface area contributed by atoms with Crippen LogP contribution >= 0.6 is 0 Å². The van der Waals surface area contributed by atoms with Crippen LogP contribution in [0.15, 0.2) is 41.7 Å². The van der Waals surface area contributed by atoms with Crippen LogP contribution in [0.2, 0.25) is 0 Å². The van der Waals surface area contributed by atoms with Crippen molar-refractivity contribution in [1.82, 2.24) is 25.3 Å². The van der Waals surface area contributed by atoms with E-state index < -0.39 is 0 Å². The van der Waals surface area contributed by atoms with Crippen LogP contribution in [0.4, 0.5) is 0 Å². The average Bonchev–Trinajstić information content (AvgIpc) is 3.42. The molecular formula is C21H32N6O2. The van der Waals surface area contributed by atoms with Crippen LogP contribution in [0.3, 0.4) is 0 Å². The van der Waals surface area contributed by atoms with Gasteiger partial charge in [0.15, 0.2) is 5.96 Å². The van der Waals surface area contributed by atoms with Gasteiger partial charge in [-0.15, -0.1) is 0 Å². The van der Waals surface area contributed by atoms with Crippen LogP contribution in [-0.2, 0) is 13.1 Å². The minimum absolute atomic E-state index is 0.389. The predicted octanol–water partition coefficient (Wildman–Crippen LogP) is 1.73. The Morgan fingerprint density at radius 2 is 2.03 bits per heavy atom. The van der Waals surface area contributed by atoms with Crippen LogP contribution in [0.5, 0.6) is 11.5 Å². The fourth-order valence-electron chi connectivity index (χ4n) is 3.58. The lowest BCUT2D eigenvalue weighted by molar-refractivity contribution is 0.321. The maximum atomic E-state index is 5.38. The first-order chi connectivity index (χ1) is 14.2. The number of nitrogens with one attached hydrogen (secondary N) is 2. The van der Waals surface area contributed by atoms with Gasteiger partial charge >= 0.3 is 0 Å². The molecule has 0 saturated carbocycles. The molecule has 0 radical (unpaired) electrons. The summed E-state index contributed by atoms with van der Waals surface area (Å²) in [5.74, 6) is 2.52. The van der Waals surface area contributed by atoms with Crippen LogP contribution in [0, 0.1) is 0 Å². The Bertz CT molecular complexity index is 755. The highest BCUT2D eigenvalue weighted by atomic mass is 16.5. The van der Waals surface area contributed by atoms with Crippen molar-refractivity contribution in [1.29, 1.82) is 0 Å². The first kappa shape index (κ1) is 21.0. The molecule has 0 spiro atoms. The molecule has 1 aromatic carbocycles. The smallest absolute Gasteiger partial charge is 0.191 e. The van der Waals surface area contributed by atoms with Crippen molar-refractivity contribution in [2.24, 2.45) is 4.99 Å². The zero-order valence-corrected chi connectivity index (χ0v) is 17.6. The van der Waals surface area contributed by atoms with Crippen molar-refractivity contribution >= 4 is 5.96 Å². The summed E-state index contributed by atoms with van der Waals surface area (Å²) in [5.41, 5.74) is 1.20. The lowest BCUT2D eigenvalue weighted by atomic mass is 10.2. The van der Waals surface area contributed by atoms with E-state index in [0.717, 1.165) is 63.0 Å². The van der Waals surface area contributed by atoms with E-state index in [1.54, 1.807) is 20.4 Å². The highest BCUT2D eigenvalue weighted by molar-refractivity contribution is 5.79. The van der Waals surface area contributed by atoms with Crippen molar-refractivity contribution in [3.8, 4) is 11.5 Å². The van der Waals surface area contributed by atoms with Crippen LogP contribution in [0.25, 0.3) is 0 Å². The number of benzene rings is 1. The molecular weight excluding hydrogens is 368 g/mol. The molecule has 0 bridgehead atoms. The number of nitrogens with zero attached hydrogens (tertiary/aromatic N) is 4. The predicted molar refractivity (Wildman–Crippen MR) is 115 cm³/mol. The van der Waals surface area contributed by atoms with Gasteiger partial charge in [-0.1, -0.05) is 0 Å². The van der Waals surface area contributed by atoms with Gasteiger partial charge in [0.05, 0.1) is 14.2 Å². The molecule has 0 amide bonds. The zero-order valence-electron chi connectivity index (χ0n) is 17.6. The molecule has 158 valence electrons. The number of aromatic nitrogens is 2. The van der Waals surface area contributed by atoms with Gasteiger partial charge < -0.3 is 20.1 Å². The number of ether oxygens (including phenoxy) is 2. The molecule has 8 heteroatoms. The normalized spacial score (nSPS) is 17.3.